The van der Waals surface area contributed by atoms with E-state index < -0.39 is 0 Å². The minimum absolute atomic E-state index is 0.344. The van der Waals surface area contributed by atoms with Gasteiger partial charge in [0.25, 0.3) is 0 Å². The Labute approximate surface area is 94.3 Å². The quantitative estimate of drug-likeness (QED) is 0.413. The van der Waals surface area contributed by atoms with E-state index in [1.807, 2.05) is 0 Å². The van der Waals surface area contributed by atoms with Crippen LogP contribution in [-0.4, -0.2) is 12.3 Å². The number of ether oxygens (including phenoxy) is 1. The van der Waals surface area contributed by atoms with Gasteiger partial charge in [0.2, 0.25) is 5.88 Å². The van der Waals surface area contributed by atoms with Crippen LogP contribution in [0.15, 0.2) is 28.1 Å². The van der Waals surface area contributed by atoms with Gasteiger partial charge in [-0.1, -0.05) is 29.8 Å². The number of methoxy groups -OCH3 is 1. The van der Waals surface area contributed by atoms with Gasteiger partial charge in [-0.25, -0.2) is 4.99 Å². The molecule has 2 nitrogen and oxygen atoms in total. The van der Waals surface area contributed by atoms with Crippen LogP contribution in [0.1, 0.15) is 19.8 Å². The molecule has 0 radical (unpaired) electrons. The van der Waals surface area contributed by atoms with Crippen LogP contribution in [0, 0.1) is 5.92 Å². The van der Waals surface area contributed by atoms with Gasteiger partial charge in [0, 0.05) is 0 Å². The van der Waals surface area contributed by atoms with E-state index in [0.717, 1.165) is 18.4 Å². The molecule has 0 aromatic carbocycles. The summed E-state index contributed by atoms with van der Waals surface area (Å²) in [5, 5.41) is 0.874. The molecule has 0 aromatic rings. The lowest BCUT2D eigenvalue weighted by molar-refractivity contribution is 0.287. The molecule has 0 unspecified atom stereocenters. The Morgan fingerprint density at radius 2 is 2.00 bits per heavy atom. The molecule has 0 N–H and O–H groups in total. The van der Waals surface area contributed by atoms with Crippen molar-refractivity contribution < 1.29 is 4.74 Å². The molecule has 78 valence electrons. The summed E-state index contributed by atoms with van der Waals surface area (Å²) in [6.45, 7) is 5.58. The van der Waals surface area contributed by atoms with Crippen molar-refractivity contribution in [1.29, 1.82) is 0 Å². The maximum atomic E-state index is 6.07. The van der Waals surface area contributed by atoms with Crippen LogP contribution < -0.4 is 0 Å². The van der Waals surface area contributed by atoms with Gasteiger partial charge in [-0.2, -0.15) is 0 Å². The summed E-state index contributed by atoms with van der Waals surface area (Å²) in [7, 11) is 1.52. The first-order chi connectivity index (χ1) is 6.56. The Hall–Kier alpha value is -0.470. The van der Waals surface area contributed by atoms with Crippen LogP contribution in [0.2, 0.25) is 0 Å². The second kappa shape index (κ2) is 4.85. The molecule has 0 bridgehead atoms. The average molecular weight is 234 g/mol. The number of allylic oxidation sites excluding steroid dienone is 2. The van der Waals surface area contributed by atoms with Crippen LogP contribution in [-0.2, 0) is 4.74 Å². The number of halogens is 2. The van der Waals surface area contributed by atoms with Gasteiger partial charge in [-0.15, -0.1) is 0 Å². The van der Waals surface area contributed by atoms with E-state index in [0.29, 0.717) is 22.0 Å². The van der Waals surface area contributed by atoms with E-state index in [9.17, 15) is 0 Å². The highest BCUT2D eigenvalue weighted by Crippen LogP contribution is 2.41. The Balaban J connectivity index is 2.86. The van der Waals surface area contributed by atoms with Crippen molar-refractivity contribution in [2.75, 3.05) is 7.11 Å². The highest BCUT2D eigenvalue weighted by atomic mass is 35.5. The summed E-state index contributed by atoms with van der Waals surface area (Å²) >= 11 is 11.7. The lowest BCUT2D eigenvalue weighted by Gasteiger charge is -2.06. The molecular weight excluding hydrogens is 221 g/mol. The molecule has 0 heterocycles. The molecule has 0 saturated heterocycles. The normalized spacial score (nSPS) is 19.0. The van der Waals surface area contributed by atoms with Crippen molar-refractivity contribution in [2.45, 2.75) is 19.8 Å². The lowest BCUT2D eigenvalue weighted by Crippen LogP contribution is -1.93. The molecular formula is C10H13Cl2NO. The van der Waals surface area contributed by atoms with Crippen molar-refractivity contribution in [3.8, 4) is 0 Å². The summed E-state index contributed by atoms with van der Waals surface area (Å²) in [6, 6.07) is 0. The monoisotopic (exact) mass is 233 g/mol. The number of hydrogen-bond acceptors (Lipinski definition) is 2. The van der Waals surface area contributed by atoms with Crippen molar-refractivity contribution in [2.24, 2.45) is 10.9 Å². The largest absolute Gasteiger partial charge is 0.480 e. The van der Waals surface area contributed by atoms with Gasteiger partial charge in [0.05, 0.1) is 7.11 Å². The van der Waals surface area contributed by atoms with Gasteiger partial charge in [-0.3, -0.25) is 0 Å². The Kier molecular flexibility index (Phi) is 4.02. The van der Waals surface area contributed by atoms with Gasteiger partial charge < -0.3 is 4.74 Å². The van der Waals surface area contributed by atoms with Crippen LogP contribution in [0.25, 0.3) is 0 Å². The summed E-state index contributed by atoms with van der Waals surface area (Å²) in [5.74, 6) is 0.842. The summed E-state index contributed by atoms with van der Waals surface area (Å²) in [4.78, 5) is 3.97. The topological polar surface area (TPSA) is 21.6 Å². The summed E-state index contributed by atoms with van der Waals surface area (Å²) in [5.41, 5.74) is 0.894. The third kappa shape index (κ3) is 3.03. The van der Waals surface area contributed by atoms with E-state index in [2.05, 4.69) is 11.6 Å². The number of aliphatic imine (C=N–C) groups is 1. The molecule has 1 saturated carbocycles. The maximum absolute atomic E-state index is 6.07. The fourth-order valence-corrected chi connectivity index (χ4v) is 1.42. The van der Waals surface area contributed by atoms with Crippen molar-refractivity contribution >= 4 is 28.4 Å². The summed E-state index contributed by atoms with van der Waals surface area (Å²) in [6.07, 6.45) is 2.30. The van der Waals surface area contributed by atoms with Crippen molar-refractivity contribution in [1.82, 2.24) is 0 Å². The van der Waals surface area contributed by atoms with Gasteiger partial charge >= 0.3 is 0 Å². The molecule has 14 heavy (non-hydrogen) atoms. The third-order valence-electron chi connectivity index (χ3n) is 1.99. The molecule has 0 amide bonds. The van der Waals surface area contributed by atoms with Gasteiger partial charge in [-0.05, 0) is 31.3 Å². The van der Waals surface area contributed by atoms with E-state index in [1.165, 1.54) is 7.11 Å². The molecule has 4 heteroatoms. The van der Waals surface area contributed by atoms with Crippen molar-refractivity contribution in [3.63, 3.8) is 0 Å². The second-order valence-corrected chi connectivity index (χ2v) is 4.16. The highest BCUT2D eigenvalue weighted by Gasteiger charge is 2.27. The first-order valence-corrected chi connectivity index (χ1v) is 5.15. The molecule has 1 rings (SSSR count). The van der Waals surface area contributed by atoms with E-state index in [1.54, 1.807) is 6.92 Å². The number of rotatable bonds is 4. The molecule has 1 aliphatic rings. The molecule has 0 atom stereocenters. The zero-order valence-electron chi connectivity index (χ0n) is 8.31. The zero-order chi connectivity index (χ0) is 10.7. The smallest absolute Gasteiger partial charge is 0.233 e. The van der Waals surface area contributed by atoms with Crippen LogP contribution in [0.4, 0.5) is 0 Å². The van der Waals surface area contributed by atoms with E-state index >= 15 is 0 Å². The summed E-state index contributed by atoms with van der Waals surface area (Å²) < 4.78 is 5.04. The number of hydrogen-bond donors (Lipinski definition) is 0. The van der Waals surface area contributed by atoms with E-state index in [-0.39, 0.29) is 0 Å². The highest BCUT2D eigenvalue weighted by molar-refractivity contribution is 6.64. The maximum Gasteiger partial charge on any atom is 0.233 e. The predicted octanol–water partition coefficient (Wildman–Crippen LogP) is 3.66. The Morgan fingerprint density at radius 1 is 1.43 bits per heavy atom. The number of nitrogens with zero attached hydrogens (tertiary/aromatic N) is 1. The molecule has 0 spiro atoms. The van der Waals surface area contributed by atoms with Crippen LogP contribution >= 0.6 is 23.2 Å². The molecule has 0 aromatic heterocycles. The van der Waals surface area contributed by atoms with Crippen LogP contribution in [0.3, 0.4) is 0 Å². The fraction of sp³-hybridized carbons (Fsp3) is 0.500. The average Bonchev–Trinajstić information content (AvgIpc) is 2.94. The molecule has 1 fully saturated rings. The van der Waals surface area contributed by atoms with Crippen molar-refractivity contribution in [3.05, 3.63) is 23.1 Å². The lowest BCUT2D eigenvalue weighted by atomic mass is 10.2. The second-order valence-electron chi connectivity index (χ2n) is 3.23. The minimum atomic E-state index is 0.344. The standard InChI is InChI=1S/C10H13Cl2NO/c1-6(8-4-5-8)9(12)10(14-3)13-7(2)11/h8H,1,4-5H2,2-3H3/b10-9-,13-7+. The third-order valence-corrected chi connectivity index (χ3v) is 2.48. The van der Waals surface area contributed by atoms with Gasteiger partial charge in [0.1, 0.15) is 10.2 Å². The predicted molar refractivity (Wildman–Crippen MR) is 60.7 cm³/mol. The van der Waals surface area contributed by atoms with E-state index in [4.69, 9.17) is 27.9 Å². The molecule has 1 aliphatic carbocycles. The minimum Gasteiger partial charge on any atom is -0.480 e. The molecule has 0 aliphatic heterocycles. The SMILES string of the molecule is C=C(/C(Cl)=C(\N=C(/C)Cl)OC)C1CC1. The fourth-order valence-electron chi connectivity index (χ4n) is 1.07. The Bertz CT molecular complexity index is 299. The first-order valence-electron chi connectivity index (χ1n) is 4.40. The van der Waals surface area contributed by atoms with Crippen LogP contribution in [0.5, 0.6) is 0 Å². The van der Waals surface area contributed by atoms with Gasteiger partial charge in [0.15, 0.2) is 0 Å². The first kappa shape index (κ1) is 11.6. The zero-order valence-corrected chi connectivity index (χ0v) is 9.82. The Morgan fingerprint density at radius 3 is 2.36 bits per heavy atom.